The van der Waals surface area contributed by atoms with Crippen LogP contribution in [0.15, 0.2) is 24.3 Å². The van der Waals surface area contributed by atoms with Gasteiger partial charge in [-0.1, -0.05) is 50.5 Å². The summed E-state index contributed by atoms with van der Waals surface area (Å²) in [5.74, 6) is -1.71. The quantitative estimate of drug-likeness (QED) is 0.773. The van der Waals surface area contributed by atoms with Gasteiger partial charge in [-0.15, -0.1) is 0 Å². The van der Waals surface area contributed by atoms with Gasteiger partial charge in [0.15, 0.2) is 0 Å². The minimum atomic E-state index is -0.735. The number of rotatable bonds is 6. The van der Waals surface area contributed by atoms with Gasteiger partial charge in [0, 0.05) is 6.42 Å². The van der Waals surface area contributed by atoms with Crippen LogP contribution < -0.4 is 0 Å². The molecule has 0 spiro atoms. The molecule has 0 saturated carbocycles. The monoisotopic (exact) mass is 264 g/mol. The predicted molar refractivity (Wildman–Crippen MR) is 72.3 cm³/mol. The Labute approximate surface area is 113 Å². The van der Waals surface area contributed by atoms with Crippen molar-refractivity contribution in [3.8, 4) is 0 Å². The van der Waals surface area contributed by atoms with Crippen LogP contribution in [0.4, 0.5) is 0 Å². The van der Waals surface area contributed by atoms with E-state index in [-0.39, 0.29) is 5.92 Å². The molecule has 0 aliphatic heterocycles. The number of hydrogen-bond donors (Lipinski definition) is 2. The molecule has 2 N–H and O–H groups in total. The van der Waals surface area contributed by atoms with Gasteiger partial charge >= 0.3 is 11.9 Å². The topological polar surface area (TPSA) is 74.6 Å². The molecule has 0 radical (unpaired) electrons. The zero-order chi connectivity index (χ0) is 14.3. The molecule has 0 heterocycles. The van der Waals surface area contributed by atoms with Crippen LogP contribution in [0.1, 0.15) is 56.1 Å². The van der Waals surface area contributed by atoms with Crippen LogP contribution in [-0.4, -0.2) is 22.2 Å². The van der Waals surface area contributed by atoms with Gasteiger partial charge in [0.05, 0.1) is 0 Å². The minimum absolute atomic E-state index is 0.296. The van der Waals surface area contributed by atoms with Gasteiger partial charge < -0.3 is 10.2 Å². The number of carboxylic acids is 2. The fraction of sp³-hybridized carbons (Fsp3) is 0.467. The first-order valence-electron chi connectivity index (χ1n) is 6.61. The highest BCUT2D eigenvalue weighted by molar-refractivity contribution is 5.88. The summed E-state index contributed by atoms with van der Waals surface area (Å²) in [6, 6.07) is 7.44. The van der Waals surface area contributed by atoms with Gasteiger partial charge in [-0.25, -0.2) is 0 Å². The Balaban J connectivity index is 0.000000192. The molecule has 4 heteroatoms. The van der Waals surface area contributed by atoms with Crippen molar-refractivity contribution in [1.82, 2.24) is 0 Å². The van der Waals surface area contributed by atoms with Gasteiger partial charge in [0.1, 0.15) is 5.92 Å². The minimum Gasteiger partial charge on any atom is -0.481 e. The number of fused-ring (bicyclic) bond motifs is 1. The zero-order valence-corrected chi connectivity index (χ0v) is 11.1. The van der Waals surface area contributed by atoms with Crippen LogP contribution in [-0.2, 0) is 9.59 Å². The number of aliphatic carboxylic acids is 2. The normalized spacial score (nSPS) is 12.1. The molecule has 19 heavy (non-hydrogen) atoms. The molecule has 1 aliphatic rings. The van der Waals surface area contributed by atoms with Crippen molar-refractivity contribution in [2.24, 2.45) is 0 Å². The molecule has 1 aliphatic carbocycles. The highest BCUT2D eigenvalue weighted by atomic mass is 16.4. The van der Waals surface area contributed by atoms with Crippen molar-refractivity contribution in [3.05, 3.63) is 35.4 Å². The summed E-state index contributed by atoms with van der Waals surface area (Å²) in [5.41, 5.74) is 1.94. The molecule has 0 amide bonds. The van der Waals surface area contributed by atoms with Gasteiger partial charge in [0.2, 0.25) is 0 Å². The predicted octanol–water partition coefficient (Wildman–Crippen LogP) is 3.26. The third-order valence-electron chi connectivity index (χ3n) is 3.03. The summed E-state index contributed by atoms with van der Waals surface area (Å²) in [7, 11) is 0. The first-order chi connectivity index (χ1) is 9.07. The van der Waals surface area contributed by atoms with Gasteiger partial charge in [-0.05, 0) is 17.5 Å². The first kappa shape index (κ1) is 15.2. The number of unbranched alkanes of at least 4 members (excludes halogenated alkanes) is 3. The average Bonchev–Trinajstić information content (AvgIpc) is 3.09. The standard InChI is InChI=1S/C8H6O2.C7H14O2/c9-8(10)7-5-3-1-2-4-6(5)7;1-2-3-4-5-6-7(8)9/h1-4,7H,(H,9,10);2-6H2,1H3,(H,8,9). The van der Waals surface area contributed by atoms with Crippen molar-refractivity contribution < 1.29 is 19.8 Å². The molecular formula is C15H20O4. The smallest absolute Gasteiger partial charge is 0.315 e. The van der Waals surface area contributed by atoms with Crippen LogP contribution >= 0.6 is 0 Å². The highest BCUT2D eigenvalue weighted by Gasteiger charge is 2.37. The maximum Gasteiger partial charge on any atom is 0.315 e. The summed E-state index contributed by atoms with van der Waals surface area (Å²) >= 11 is 0. The molecule has 104 valence electrons. The third kappa shape index (κ3) is 5.12. The molecule has 1 aromatic rings. The Morgan fingerprint density at radius 3 is 2.05 bits per heavy atom. The molecule has 4 nitrogen and oxygen atoms in total. The maximum atomic E-state index is 10.4. The van der Waals surface area contributed by atoms with Crippen LogP contribution in [0.2, 0.25) is 0 Å². The van der Waals surface area contributed by atoms with Crippen molar-refractivity contribution in [3.63, 3.8) is 0 Å². The third-order valence-corrected chi connectivity index (χ3v) is 3.03. The summed E-state index contributed by atoms with van der Waals surface area (Å²) in [4.78, 5) is 20.4. The Hall–Kier alpha value is -1.84. The Morgan fingerprint density at radius 2 is 1.63 bits per heavy atom. The zero-order valence-electron chi connectivity index (χ0n) is 11.1. The summed E-state index contributed by atoms with van der Waals surface area (Å²) in [6.45, 7) is 2.11. The molecule has 1 aromatic carbocycles. The van der Waals surface area contributed by atoms with E-state index in [4.69, 9.17) is 10.2 Å². The van der Waals surface area contributed by atoms with E-state index in [2.05, 4.69) is 6.92 Å². The van der Waals surface area contributed by atoms with E-state index in [9.17, 15) is 9.59 Å². The Bertz CT molecular complexity index is 417. The lowest BCUT2D eigenvalue weighted by molar-refractivity contribution is -0.137. The lowest BCUT2D eigenvalue weighted by atomic mass is 10.2. The number of carbonyl (C=O) groups is 2. The van der Waals surface area contributed by atoms with Gasteiger partial charge in [0.25, 0.3) is 0 Å². The Kier molecular flexibility index (Phi) is 6.06. The molecule has 0 saturated heterocycles. The van der Waals surface area contributed by atoms with E-state index >= 15 is 0 Å². The van der Waals surface area contributed by atoms with Crippen LogP contribution in [0.5, 0.6) is 0 Å². The van der Waals surface area contributed by atoms with Crippen LogP contribution in [0.3, 0.4) is 0 Å². The lowest BCUT2D eigenvalue weighted by Crippen LogP contribution is -1.94. The van der Waals surface area contributed by atoms with Crippen LogP contribution in [0, 0.1) is 0 Å². The second-order valence-corrected chi connectivity index (χ2v) is 4.60. The molecule has 0 fully saturated rings. The fourth-order valence-electron chi connectivity index (χ4n) is 1.93. The molecule has 0 aromatic heterocycles. The van der Waals surface area contributed by atoms with E-state index in [1.807, 2.05) is 24.3 Å². The van der Waals surface area contributed by atoms with E-state index in [1.165, 1.54) is 6.42 Å². The van der Waals surface area contributed by atoms with E-state index < -0.39 is 11.9 Å². The van der Waals surface area contributed by atoms with Crippen LogP contribution in [0.25, 0.3) is 0 Å². The molecule has 2 rings (SSSR count). The highest BCUT2D eigenvalue weighted by Crippen LogP contribution is 2.42. The summed E-state index contributed by atoms with van der Waals surface area (Å²) in [5, 5.41) is 16.8. The maximum absolute atomic E-state index is 10.4. The SMILES string of the molecule is CCCCCCC(=O)O.O=C(O)C1c2ccccc21. The van der Waals surface area contributed by atoms with E-state index in [1.54, 1.807) is 0 Å². The summed E-state index contributed by atoms with van der Waals surface area (Å²) in [6.07, 6.45) is 4.55. The van der Waals surface area contributed by atoms with E-state index in [0.29, 0.717) is 6.42 Å². The second kappa shape index (κ2) is 7.56. The second-order valence-electron chi connectivity index (χ2n) is 4.60. The molecule has 0 atom stereocenters. The lowest BCUT2D eigenvalue weighted by Gasteiger charge is -1.92. The van der Waals surface area contributed by atoms with Crippen molar-refractivity contribution in [1.29, 1.82) is 0 Å². The molecular weight excluding hydrogens is 244 g/mol. The van der Waals surface area contributed by atoms with Crippen molar-refractivity contribution in [2.45, 2.75) is 44.9 Å². The molecule has 0 bridgehead atoms. The Morgan fingerprint density at radius 1 is 1.05 bits per heavy atom. The van der Waals surface area contributed by atoms with Gasteiger partial charge in [-0.3, -0.25) is 9.59 Å². The van der Waals surface area contributed by atoms with Gasteiger partial charge in [-0.2, -0.15) is 0 Å². The largest absolute Gasteiger partial charge is 0.481 e. The van der Waals surface area contributed by atoms with Crippen molar-refractivity contribution in [2.75, 3.05) is 0 Å². The fourth-order valence-corrected chi connectivity index (χ4v) is 1.93. The first-order valence-corrected chi connectivity index (χ1v) is 6.61. The molecule has 0 unspecified atom stereocenters. The van der Waals surface area contributed by atoms with E-state index in [0.717, 1.165) is 30.4 Å². The number of hydrogen-bond acceptors (Lipinski definition) is 2. The average molecular weight is 264 g/mol. The summed E-state index contributed by atoms with van der Waals surface area (Å²) < 4.78 is 0. The number of carboxylic acid groups (broad SMARTS) is 2. The van der Waals surface area contributed by atoms with Crippen molar-refractivity contribution >= 4 is 11.9 Å². The number of benzene rings is 1.